The van der Waals surface area contributed by atoms with E-state index in [1.807, 2.05) is 26.0 Å². The number of para-hydroxylation sites is 1. The topological polar surface area (TPSA) is 12.0 Å². The van der Waals surface area contributed by atoms with E-state index in [-0.39, 0.29) is 5.69 Å². The Morgan fingerprint density at radius 1 is 0.842 bits per heavy atom. The van der Waals surface area contributed by atoms with Gasteiger partial charge in [-0.05, 0) is 43.2 Å². The van der Waals surface area contributed by atoms with Crippen molar-refractivity contribution in [3.05, 3.63) is 59.2 Å². The number of benzene rings is 2. The van der Waals surface area contributed by atoms with Gasteiger partial charge in [-0.25, -0.2) is 0 Å². The summed E-state index contributed by atoms with van der Waals surface area (Å²) in [5, 5.41) is 2.87. The summed E-state index contributed by atoms with van der Waals surface area (Å²) in [5.41, 5.74) is 2.09. The Bertz CT molecular complexity index is 588. The molecule has 0 spiro atoms. The van der Waals surface area contributed by atoms with Crippen LogP contribution < -0.4 is 5.32 Å². The third-order valence-electron chi connectivity index (χ3n) is 3.11. The Labute approximate surface area is 110 Å². The molecule has 2 rings (SSSR count). The van der Waals surface area contributed by atoms with Crippen LogP contribution in [0.5, 0.6) is 0 Å². The maximum absolute atomic E-state index is 12.9. The molecule has 0 fully saturated rings. The predicted molar refractivity (Wildman–Crippen MR) is 70.6 cm³/mol. The molecule has 19 heavy (non-hydrogen) atoms. The van der Waals surface area contributed by atoms with E-state index in [0.717, 1.165) is 17.2 Å². The van der Waals surface area contributed by atoms with E-state index in [0.29, 0.717) is 5.69 Å². The number of rotatable bonds is 2. The average Bonchev–Trinajstić information content (AvgIpc) is 2.34. The van der Waals surface area contributed by atoms with Gasteiger partial charge in [0.15, 0.2) is 0 Å². The molecule has 4 heteroatoms. The average molecular weight is 265 g/mol. The van der Waals surface area contributed by atoms with Crippen molar-refractivity contribution in [2.75, 3.05) is 5.32 Å². The maximum Gasteiger partial charge on any atom is 0.418 e. The van der Waals surface area contributed by atoms with Gasteiger partial charge in [0.25, 0.3) is 0 Å². The first-order valence-electron chi connectivity index (χ1n) is 5.89. The van der Waals surface area contributed by atoms with Gasteiger partial charge < -0.3 is 5.32 Å². The van der Waals surface area contributed by atoms with Crippen LogP contribution in [0.2, 0.25) is 0 Å². The molecule has 100 valence electrons. The smallest absolute Gasteiger partial charge is 0.355 e. The zero-order chi connectivity index (χ0) is 14.0. The molecule has 0 saturated carbocycles. The Kier molecular flexibility index (Phi) is 3.51. The number of hydrogen-bond donors (Lipinski definition) is 1. The number of alkyl halides is 3. The van der Waals surface area contributed by atoms with Gasteiger partial charge >= 0.3 is 6.18 Å². The second kappa shape index (κ2) is 4.96. The van der Waals surface area contributed by atoms with Gasteiger partial charge in [0, 0.05) is 5.69 Å². The third-order valence-corrected chi connectivity index (χ3v) is 3.11. The fraction of sp³-hybridized carbons (Fsp3) is 0.200. The van der Waals surface area contributed by atoms with Gasteiger partial charge in [0.05, 0.1) is 11.3 Å². The fourth-order valence-electron chi connectivity index (χ4n) is 1.87. The third kappa shape index (κ3) is 2.89. The summed E-state index contributed by atoms with van der Waals surface area (Å²) in [7, 11) is 0. The summed E-state index contributed by atoms with van der Waals surface area (Å²) < 4.78 is 38.7. The van der Waals surface area contributed by atoms with E-state index < -0.39 is 11.7 Å². The molecule has 0 aliphatic rings. The van der Waals surface area contributed by atoms with Crippen LogP contribution in [0.25, 0.3) is 0 Å². The largest absolute Gasteiger partial charge is 0.418 e. The zero-order valence-corrected chi connectivity index (χ0v) is 10.7. The van der Waals surface area contributed by atoms with Crippen molar-refractivity contribution in [3.63, 3.8) is 0 Å². The minimum atomic E-state index is -4.36. The number of anilines is 2. The van der Waals surface area contributed by atoms with E-state index in [1.165, 1.54) is 12.1 Å². The number of nitrogens with one attached hydrogen (secondary N) is 1. The molecule has 0 aliphatic heterocycles. The van der Waals surface area contributed by atoms with Crippen LogP contribution in [0.15, 0.2) is 42.5 Å². The summed E-state index contributed by atoms with van der Waals surface area (Å²) in [4.78, 5) is 0. The summed E-state index contributed by atoms with van der Waals surface area (Å²) in [6.45, 7) is 3.81. The first-order valence-corrected chi connectivity index (χ1v) is 5.89. The highest BCUT2D eigenvalue weighted by molar-refractivity contribution is 5.67. The molecule has 0 radical (unpaired) electrons. The number of aryl methyl sites for hydroxylation is 1. The van der Waals surface area contributed by atoms with E-state index >= 15 is 0 Å². The van der Waals surface area contributed by atoms with Crippen LogP contribution in [0.4, 0.5) is 24.5 Å². The quantitative estimate of drug-likeness (QED) is 0.799. The molecule has 0 bridgehead atoms. The number of halogens is 3. The monoisotopic (exact) mass is 265 g/mol. The molecule has 2 aromatic carbocycles. The minimum absolute atomic E-state index is 0.0729. The molecule has 0 amide bonds. The first kappa shape index (κ1) is 13.5. The first-order chi connectivity index (χ1) is 8.89. The van der Waals surface area contributed by atoms with Crippen molar-refractivity contribution < 1.29 is 13.2 Å². The highest BCUT2D eigenvalue weighted by Crippen LogP contribution is 2.36. The number of hydrogen-bond acceptors (Lipinski definition) is 1. The van der Waals surface area contributed by atoms with Crippen LogP contribution in [-0.4, -0.2) is 0 Å². The fourth-order valence-corrected chi connectivity index (χ4v) is 1.87. The van der Waals surface area contributed by atoms with Gasteiger partial charge in [-0.3, -0.25) is 0 Å². The van der Waals surface area contributed by atoms with Crippen molar-refractivity contribution in [1.82, 2.24) is 0 Å². The Balaban J connectivity index is 2.42. The molecule has 0 unspecified atom stereocenters. The van der Waals surface area contributed by atoms with E-state index in [1.54, 1.807) is 12.1 Å². The van der Waals surface area contributed by atoms with Crippen LogP contribution in [0.1, 0.15) is 16.7 Å². The van der Waals surface area contributed by atoms with Crippen LogP contribution >= 0.6 is 0 Å². The zero-order valence-electron chi connectivity index (χ0n) is 10.7. The van der Waals surface area contributed by atoms with Gasteiger partial charge in [-0.15, -0.1) is 0 Å². The lowest BCUT2D eigenvalue weighted by Gasteiger charge is -2.16. The lowest BCUT2D eigenvalue weighted by atomic mass is 10.1. The molecule has 2 aromatic rings. The van der Waals surface area contributed by atoms with Crippen molar-refractivity contribution in [1.29, 1.82) is 0 Å². The summed E-state index contributed by atoms with van der Waals surface area (Å²) >= 11 is 0. The van der Waals surface area contributed by atoms with Crippen LogP contribution in [0.3, 0.4) is 0 Å². The molecular weight excluding hydrogens is 251 g/mol. The maximum atomic E-state index is 12.9. The van der Waals surface area contributed by atoms with Gasteiger partial charge in [0.1, 0.15) is 0 Å². The van der Waals surface area contributed by atoms with Gasteiger partial charge in [-0.1, -0.05) is 24.3 Å². The van der Waals surface area contributed by atoms with Crippen LogP contribution in [-0.2, 0) is 6.18 Å². The molecule has 0 aromatic heterocycles. The highest BCUT2D eigenvalue weighted by Gasteiger charge is 2.33. The minimum Gasteiger partial charge on any atom is -0.355 e. The molecule has 0 atom stereocenters. The molecule has 1 nitrogen and oxygen atoms in total. The van der Waals surface area contributed by atoms with Crippen molar-refractivity contribution >= 4 is 11.4 Å². The molecule has 0 aliphatic carbocycles. The molecular formula is C15H14F3N. The highest BCUT2D eigenvalue weighted by atomic mass is 19.4. The lowest BCUT2D eigenvalue weighted by Crippen LogP contribution is -2.09. The summed E-state index contributed by atoms with van der Waals surface area (Å²) in [5.74, 6) is 0. The van der Waals surface area contributed by atoms with E-state index in [2.05, 4.69) is 5.32 Å². The molecule has 0 heterocycles. The van der Waals surface area contributed by atoms with E-state index in [4.69, 9.17) is 0 Å². The lowest BCUT2D eigenvalue weighted by molar-refractivity contribution is -0.136. The summed E-state index contributed by atoms with van der Waals surface area (Å²) in [6, 6.07) is 11.0. The predicted octanol–water partition coefficient (Wildman–Crippen LogP) is 5.07. The Morgan fingerprint density at radius 2 is 1.47 bits per heavy atom. The Hall–Kier alpha value is -1.97. The second-order valence-corrected chi connectivity index (χ2v) is 4.42. The Morgan fingerprint density at radius 3 is 2.16 bits per heavy atom. The van der Waals surface area contributed by atoms with Crippen molar-refractivity contribution in [2.24, 2.45) is 0 Å². The second-order valence-electron chi connectivity index (χ2n) is 4.42. The normalized spacial score (nSPS) is 11.4. The summed E-state index contributed by atoms with van der Waals surface area (Å²) in [6.07, 6.45) is -4.36. The van der Waals surface area contributed by atoms with Crippen molar-refractivity contribution in [2.45, 2.75) is 20.0 Å². The molecule has 1 N–H and O–H groups in total. The standard InChI is InChI=1S/C15H14F3N/c1-10-6-5-9-13(11(10)2)19-14-8-4-3-7-12(14)15(16,17)18/h3-9,19H,1-2H3. The SMILES string of the molecule is Cc1cccc(Nc2ccccc2C(F)(F)F)c1C. The van der Waals surface area contributed by atoms with E-state index in [9.17, 15) is 13.2 Å². The van der Waals surface area contributed by atoms with Gasteiger partial charge in [-0.2, -0.15) is 13.2 Å². The van der Waals surface area contributed by atoms with Crippen molar-refractivity contribution in [3.8, 4) is 0 Å². The van der Waals surface area contributed by atoms with Crippen LogP contribution in [0, 0.1) is 13.8 Å². The molecule has 0 saturated heterocycles. The van der Waals surface area contributed by atoms with Gasteiger partial charge in [0.2, 0.25) is 0 Å².